The van der Waals surface area contributed by atoms with Crippen LogP contribution in [0, 0.1) is 5.82 Å². The van der Waals surface area contributed by atoms with Gasteiger partial charge in [0.15, 0.2) is 6.29 Å². The van der Waals surface area contributed by atoms with E-state index in [1.165, 1.54) is 44.4 Å². The first-order chi connectivity index (χ1) is 12.5. The van der Waals surface area contributed by atoms with Gasteiger partial charge in [-0.15, -0.1) is 0 Å². The molecular weight excluding hydrogens is 349 g/mol. The molecule has 0 saturated carbocycles. The van der Waals surface area contributed by atoms with Gasteiger partial charge in [-0.2, -0.15) is 0 Å². The summed E-state index contributed by atoms with van der Waals surface area (Å²) in [6.07, 6.45) is -0.731. The lowest BCUT2D eigenvalue weighted by Crippen LogP contribution is -2.39. The Morgan fingerprint density at radius 3 is 2.35 bits per heavy atom. The third-order valence-corrected chi connectivity index (χ3v) is 3.79. The van der Waals surface area contributed by atoms with Crippen LogP contribution in [0.4, 0.5) is 10.1 Å². The van der Waals surface area contributed by atoms with Crippen molar-refractivity contribution in [3.63, 3.8) is 0 Å². The molecule has 0 aliphatic carbocycles. The van der Waals surface area contributed by atoms with Gasteiger partial charge in [-0.1, -0.05) is 6.07 Å². The fourth-order valence-corrected chi connectivity index (χ4v) is 2.59. The first-order valence-electron chi connectivity index (χ1n) is 7.58. The third-order valence-electron chi connectivity index (χ3n) is 3.79. The van der Waals surface area contributed by atoms with Crippen molar-refractivity contribution in [3.8, 4) is 0 Å². The Labute approximate surface area is 150 Å². The number of hydrogen-bond acceptors (Lipinski definition) is 8. The lowest BCUT2D eigenvalue weighted by Gasteiger charge is -2.32. The number of halogens is 1. The smallest absolute Gasteiger partial charge is 0.355 e. The van der Waals surface area contributed by atoms with Crippen LogP contribution >= 0.6 is 0 Å². The molecule has 0 aromatic heterocycles. The number of hydrogen-bond donors (Lipinski definition) is 0. The zero-order chi connectivity index (χ0) is 19.3. The van der Waals surface area contributed by atoms with Gasteiger partial charge in [-0.05, 0) is 12.1 Å². The zero-order valence-corrected chi connectivity index (χ0v) is 14.9. The number of rotatable bonds is 6. The van der Waals surface area contributed by atoms with Gasteiger partial charge in [0.1, 0.15) is 18.2 Å². The van der Waals surface area contributed by atoms with Crippen molar-refractivity contribution in [2.24, 2.45) is 0 Å². The first kappa shape index (κ1) is 19.8. The van der Waals surface area contributed by atoms with Crippen LogP contribution in [0.1, 0.15) is 11.9 Å². The maximum atomic E-state index is 14.5. The second-order valence-corrected chi connectivity index (χ2v) is 5.23. The van der Waals surface area contributed by atoms with Gasteiger partial charge in [0.05, 0.1) is 32.1 Å². The topological polar surface area (TPSA) is 83.5 Å². The molecule has 1 heterocycles. The molecule has 0 saturated heterocycles. The monoisotopic (exact) mass is 369 g/mol. The highest BCUT2D eigenvalue weighted by Crippen LogP contribution is 2.31. The van der Waals surface area contributed by atoms with Gasteiger partial charge in [0.2, 0.25) is 0 Å². The summed E-state index contributed by atoms with van der Waals surface area (Å²) in [7, 11) is 5.22. The average molecular weight is 369 g/mol. The van der Waals surface area contributed by atoms with E-state index >= 15 is 0 Å². The van der Waals surface area contributed by atoms with Crippen LogP contribution in [0.5, 0.6) is 0 Å². The maximum Gasteiger partial charge on any atom is 0.355 e. The molecule has 0 atom stereocenters. The molecule has 142 valence electrons. The van der Waals surface area contributed by atoms with Crippen LogP contribution in [0.15, 0.2) is 29.5 Å². The second kappa shape index (κ2) is 8.75. The van der Waals surface area contributed by atoms with Crippen molar-refractivity contribution >= 4 is 17.6 Å². The van der Waals surface area contributed by atoms with E-state index in [4.69, 9.17) is 18.9 Å². The van der Waals surface area contributed by atoms with Crippen LogP contribution in [0.25, 0.3) is 0 Å². The van der Waals surface area contributed by atoms with Crippen LogP contribution < -0.4 is 4.90 Å². The number of esters is 2. The summed E-state index contributed by atoms with van der Waals surface area (Å²) in [4.78, 5) is 25.5. The fraction of sp³-hybridized carbons (Fsp3) is 0.412. The van der Waals surface area contributed by atoms with E-state index in [1.807, 2.05) is 0 Å². The van der Waals surface area contributed by atoms with Crippen LogP contribution in [-0.4, -0.2) is 53.7 Å². The van der Waals surface area contributed by atoms with E-state index in [-0.39, 0.29) is 30.3 Å². The molecule has 0 radical (unpaired) electrons. The lowest BCUT2D eigenvalue weighted by molar-refractivity contribution is -0.140. The molecule has 9 heteroatoms. The Kier molecular flexibility index (Phi) is 6.67. The summed E-state index contributed by atoms with van der Waals surface area (Å²) in [6, 6.07) is 4.14. The molecule has 0 N–H and O–H groups in total. The van der Waals surface area contributed by atoms with Crippen LogP contribution in [0.2, 0.25) is 0 Å². The van der Waals surface area contributed by atoms with Gasteiger partial charge in [0.25, 0.3) is 0 Å². The van der Waals surface area contributed by atoms with E-state index < -0.39 is 24.0 Å². The highest BCUT2D eigenvalue weighted by atomic mass is 19.1. The van der Waals surface area contributed by atoms with E-state index in [1.54, 1.807) is 0 Å². The molecule has 1 aliphatic heterocycles. The lowest BCUT2D eigenvalue weighted by atomic mass is 10.1. The maximum absolute atomic E-state index is 14.5. The minimum Gasteiger partial charge on any atom is -0.466 e. The van der Waals surface area contributed by atoms with Gasteiger partial charge in [-0.3, -0.25) is 0 Å². The van der Waals surface area contributed by atoms with Gasteiger partial charge < -0.3 is 28.6 Å². The molecule has 0 spiro atoms. The molecular formula is C17H20FNO7. The van der Waals surface area contributed by atoms with Gasteiger partial charge >= 0.3 is 11.9 Å². The Hall–Kier alpha value is -2.49. The largest absolute Gasteiger partial charge is 0.466 e. The second-order valence-electron chi connectivity index (χ2n) is 5.23. The molecule has 26 heavy (non-hydrogen) atoms. The summed E-state index contributed by atoms with van der Waals surface area (Å²) in [6.45, 7) is -0.316. The van der Waals surface area contributed by atoms with Crippen molar-refractivity contribution < 1.29 is 37.7 Å². The number of nitrogens with zero attached hydrogens (tertiary/aromatic N) is 1. The standard InChI is InChI=1S/C17H20FNO7/c1-22-15(20)11-8-26-9-19(14(11)16(21)23-2)13-7-10(5-6-12(13)18)17(24-3)25-4/h5-7,17H,8-9H2,1-4H3. The predicted octanol–water partition coefficient (Wildman–Crippen LogP) is 1.51. The summed E-state index contributed by atoms with van der Waals surface area (Å²) in [5.74, 6) is -2.21. The van der Waals surface area contributed by atoms with E-state index in [9.17, 15) is 14.0 Å². The van der Waals surface area contributed by atoms with Crippen LogP contribution in [0.3, 0.4) is 0 Å². The highest BCUT2D eigenvalue weighted by Gasteiger charge is 2.33. The minimum absolute atomic E-state index is 0.00287. The Morgan fingerprint density at radius 1 is 1.12 bits per heavy atom. The van der Waals surface area contributed by atoms with Crippen molar-refractivity contribution in [3.05, 3.63) is 40.8 Å². The molecule has 0 bridgehead atoms. The Morgan fingerprint density at radius 2 is 1.77 bits per heavy atom. The van der Waals surface area contributed by atoms with Gasteiger partial charge in [-0.25, -0.2) is 14.0 Å². The van der Waals surface area contributed by atoms with E-state index in [0.29, 0.717) is 5.56 Å². The molecule has 1 aromatic rings. The highest BCUT2D eigenvalue weighted by molar-refractivity contribution is 6.03. The fourth-order valence-electron chi connectivity index (χ4n) is 2.59. The summed E-state index contributed by atoms with van der Waals surface area (Å²) >= 11 is 0. The van der Waals surface area contributed by atoms with Gasteiger partial charge in [0, 0.05) is 19.8 Å². The van der Waals surface area contributed by atoms with E-state index in [2.05, 4.69) is 4.74 Å². The number of ether oxygens (including phenoxy) is 5. The zero-order valence-electron chi connectivity index (χ0n) is 14.9. The molecule has 0 amide bonds. The summed E-state index contributed by atoms with van der Waals surface area (Å²) in [5, 5.41) is 0. The molecule has 1 aliphatic rings. The van der Waals surface area contributed by atoms with Crippen molar-refractivity contribution in [1.82, 2.24) is 0 Å². The number of methoxy groups -OCH3 is 4. The Balaban J connectivity index is 2.59. The molecule has 0 unspecified atom stereocenters. The van der Waals surface area contributed by atoms with Crippen molar-refractivity contribution in [2.75, 3.05) is 46.7 Å². The van der Waals surface area contributed by atoms with Crippen molar-refractivity contribution in [2.45, 2.75) is 6.29 Å². The summed E-state index contributed by atoms with van der Waals surface area (Å²) in [5.41, 5.74) is 0.308. The molecule has 1 aromatic carbocycles. The number of carbonyl (C=O) groups is 2. The summed E-state index contributed by atoms with van der Waals surface area (Å²) < 4.78 is 39.6. The third kappa shape index (κ3) is 3.85. The number of carbonyl (C=O) groups excluding carboxylic acids is 2. The SMILES string of the molecule is COC(=O)C1=C(C(=O)OC)N(c2cc(C(OC)OC)ccc2F)COC1. The molecule has 2 rings (SSSR count). The number of benzene rings is 1. The van der Waals surface area contributed by atoms with E-state index in [0.717, 1.165) is 7.11 Å². The average Bonchev–Trinajstić information content (AvgIpc) is 2.68. The molecule has 0 fully saturated rings. The predicted molar refractivity (Wildman–Crippen MR) is 87.5 cm³/mol. The number of anilines is 1. The first-order valence-corrected chi connectivity index (χ1v) is 7.58. The van der Waals surface area contributed by atoms with Crippen molar-refractivity contribution in [1.29, 1.82) is 0 Å². The quantitative estimate of drug-likeness (QED) is 0.551. The normalized spacial score (nSPS) is 14.6. The van der Waals surface area contributed by atoms with Crippen LogP contribution in [-0.2, 0) is 33.3 Å². The minimum atomic E-state index is -0.812. The molecule has 8 nitrogen and oxygen atoms in total. The Bertz CT molecular complexity index is 715.